The summed E-state index contributed by atoms with van der Waals surface area (Å²) in [6.45, 7) is 0. The molecule has 0 aliphatic heterocycles. The van der Waals surface area contributed by atoms with Crippen molar-refractivity contribution in [1.82, 2.24) is 4.81 Å². The number of benzene rings is 1. The standard InChI is InChI=1S/C21H18NO3S3/c1-24-22(25-2,15-6-4-3-5-7-15)21-13-12-20(28-21)19-11-10-18(27-19)17-9-8-16(14-23)26-17/h3-14H,1-2H3/q+1. The van der Waals surface area contributed by atoms with E-state index in [1.54, 1.807) is 36.9 Å². The number of aldehydes is 1. The molecular formula is C21H18NO3S3+. The van der Waals surface area contributed by atoms with Gasteiger partial charge < -0.3 is 0 Å². The summed E-state index contributed by atoms with van der Waals surface area (Å²) in [5.74, 6) is 0. The van der Waals surface area contributed by atoms with Crippen molar-refractivity contribution in [3.8, 4) is 19.5 Å². The van der Waals surface area contributed by atoms with Gasteiger partial charge in [-0.25, -0.2) is 0 Å². The summed E-state index contributed by atoms with van der Waals surface area (Å²) in [5, 5.41) is 0.931. The highest BCUT2D eigenvalue weighted by atomic mass is 32.1. The molecule has 0 aliphatic carbocycles. The van der Waals surface area contributed by atoms with Crippen molar-refractivity contribution >= 4 is 51.0 Å². The van der Waals surface area contributed by atoms with Gasteiger partial charge in [0.25, 0.3) is 5.00 Å². The van der Waals surface area contributed by atoms with Crippen LogP contribution in [-0.4, -0.2) is 20.5 Å². The monoisotopic (exact) mass is 428 g/mol. The van der Waals surface area contributed by atoms with Crippen LogP contribution in [0.25, 0.3) is 19.5 Å². The molecule has 0 radical (unpaired) electrons. The minimum absolute atomic E-state index is 0.128. The molecule has 0 saturated heterocycles. The lowest BCUT2D eigenvalue weighted by atomic mass is 10.3. The van der Waals surface area contributed by atoms with Gasteiger partial charge in [-0.05, 0) is 30.3 Å². The van der Waals surface area contributed by atoms with Crippen LogP contribution in [0.1, 0.15) is 9.67 Å². The van der Waals surface area contributed by atoms with E-state index in [-0.39, 0.29) is 4.81 Å². The molecule has 0 atom stereocenters. The van der Waals surface area contributed by atoms with E-state index in [0.717, 1.165) is 36.5 Å². The molecule has 0 unspecified atom stereocenters. The Labute approximate surface area is 175 Å². The van der Waals surface area contributed by atoms with Gasteiger partial charge in [-0.2, -0.15) is 9.68 Å². The topological polar surface area (TPSA) is 35.5 Å². The largest absolute Gasteiger partial charge is 0.297 e. The fourth-order valence-electron chi connectivity index (χ4n) is 2.99. The van der Waals surface area contributed by atoms with Crippen molar-refractivity contribution in [1.29, 1.82) is 0 Å². The molecule has 4 rings (SSSR count). The maximum Gasteiger partial charge on any atom is 0.261 e. The number of carbonyl (C=O) groups excluding carboxylic acids is 1. The zero-order chi connectivity index (χ0) is 19.6. The molecule has 0 aliphatic rings. The van der Waals surface area contributed by atoms with Crippen molar-refractivity contribution in [2.75, 3.05) is 14.2 Å². The van der Waals surface area contributed by atoms with Crippen LogP contribution in [0.15, 0.2) is 66.7 Å². The van der Waals surface area contributed by atoms with Gasteiger partial charge in [0.1, 0.15) is 14.2 Å². The maximum absolute atomic E-state index is 10.9. The summed E-state index contributed by atoms with van der Waals surface area (Å²) in [6.07, 6.45) is 0.894. The van der Waals surface area contributed by atoms with E-state index in [1.165, 1.54) is 16.2 Å². The highest BCUT2D eigenvalue weighted by Crippen LogP contribution is 2.45. The lowest BCUT2D eigenvalue weighted by molar-refractivity contribution is -0.284. The molecule has 0 bridgehead atoms. The first kappa shape index (κ1) is 19.2. The van der Waals surface area contributed by atoms with Gasteiger partial charge >= 0.3 is 0 Å². The third-order valence-electron chi connectivity index (χ3n) is 4.33. The molecule has 7 heteroatoms. The van der Waals surface area contributed by atoms with E-state index in [9.17, 15) is 4.79 Å². The van der Waals surface area contributed by atoms with Crippen LogP contribution in [-0.2, 0) is 9.68 Å². The van der Waals surface area contributed by atoms with Crippen LogP contribution < -0.4 is 4.81 Å². The average Bonchev–Trinajstić information content (AvgIpc) is 3.49. The number of para-hydroxylation sites is 1. The van der Waals surface area contributed by atoms with E-state index in [2.05, 4.69) is 18.2 Å². The second-order valence-corrected chi connectivity index (χ2v) is 9.14. The number of thiophene rings is 3. The summed E-state index contributed by atoms with van der Waals surface area (Å²) < 4.78 is 0. The van der Waals surface area contributed by atoms with Crippen molar-refractivity contribution in [3.63, 3.8) is 0 Å². The van der Waals surface area contributed by atoms with Crippen molar-refractivity contribution in [2.45, 2.75) is 0 Å². The summed E-state index contributed by atoms with van der Waals surface area (Å²) >= 11 is 4.86. The summed E-state index contributed by atoms with van der Waals surface area (Å²) in [4.78, 5) is 27.7. The maximum atomic E-state index is 10.9. The Kier molecular flexibility index (Phi) is 5.54. The predicted octanol–water partition coefficient (Wildman–Crippen LogP) is 6.78. The first-order valence-corrected chi connectivity index (χ1v) is 11.0. The van der Waals surface area contributed by atoms with Crippen LogP contribution >= 0.6 is 34.0 Å². The van der Waals surface area contributed by atoms with Crippen LogP contribution in [0.5, 0.6) is 0 Å². The van der Waals surface area contributed by atoms with E-state index >= 15 is 0 Å². The minimum Gasteiger partial charge on any atom is -0.297 e. The Bertz CT molecular complexity index is 1080. The normalized spacial score (nSPS) is 11.6. The van der Waals surface area contributed by atoms with Gasteiger partial charge in [0, 0.05) is 37.6 Å². The highest BCUT2D eigenvalue weighted by molar-refractivity contribution is 7.27. The van der Waals surface area contributed by atoms with Crippen LogP contribution in [0.2, 0.25) is 0 Å². The van der Waals surface area contributed by atoms with E-state index in [1.807, 2.05) is 48.5 Å². The van der Waals surface area contributed by atoms with Crippen molar-refractivity contribution in [2.24, 2.45) is 0 Å². The van der Waals surface area contributed by atoms with Crippen LogP contribution in [0.3, 0.4) is 0 Å². The first-order valence-electron chi connectivity index (χ1n) is 8.52. The van der Waals surface area contributed by atoms with E-state index < -0.39 is 0 Å². The van der Waals surface area contributed by atoms with Gasteiger partial charge in [0.05, 0.1) is 9.75 Å². The van der Waals surface area contributed by atoms with Gasteiger partial charge in [0.2, 0.25) is 5.69 Å². The first-order chi connectivity index (χ1) is 13.7. The zero-order valence-electron chi connectivity index (χ0n) is 15.3. The zero-order valence-corrected chi connectivity index (χ0v) is 17.8. The van der Waals surface area contributed by atoms with E-state index in [4.69, 9.17) is 9.68 Å². The molecule has 0 saturated carbocycles. The summed E-state index contributed by atoms with van der Waals surface area (Å²) in [5.41, 5.74) is 0.896. The molecule has 0 fully saturated rings. The number of rotatable bonds is 7. The lowest BCUT2D eigenvalue weighted by Gasteiger charge is -2.26. The Balaban J connectivity index is 1.68. The number of quaternary nitrogens is 1. The van der Waals surface area contributed by atoms with E-state index in [0.29, 0.717) is 0 Å². The average molecular weight is 429 g/mol. The number of hydrogen-bond donors (Lipinski definition) is 0. The highest BCUT2D eigenvalue weighted by Gasteiger charge is 2.38. The molecule has 142 valence electrons. The molecule has 0 amide bonds. The predicted molar refractivity (Wildman–Crippen MR) is 118 cm³/mol. The Morgan fingerprint density at radius 3 is 1.89 bits per heavy atom. The Morgan fingerprint density at radius 2 is 1.29 bits per heavy atom. The summed E-state index contributed by atoms with van der Waals surface area (Å²) in [7, 11) is 3.28. The molecule has 3 heterocycles. The molecule has 28 heavy (non-hydrogen) atoms. The molecular weight excluding hydrogens is 410 g/mol. The van der Waals surface area contributed by atoms with Gasteiger partial charge in [0.15, 0.2) is 6.29 Å². The second-order valence-electron chi connectivity index (χ2n) is 5.87. The van der Waals surface area contributed by atoms with Crippen molar-refractivity contribution < 1.29 is 14.5 Å². The fraction of sp³-hybridized carbons (Fsp3) is 0.0952. The van der Waals surface area contributed by atoms with Crippen molar-refractivity contribution in [3.05, 3.63) is 71.6 Å². The number of nitrogens with zero attached hydrogens (tertiary/aromatic N) is 1. The van der Waals surface area contributed by atoms with Gasteiger partial charge in [-0.1, -0.05) is 29.5 Å². The fourth-order valence-corrected chi connectivity index (χ4v) is 6.12. The number of carbonyl (C=O) groups is 1. The molecule has 1 aromatic carbocycles. The molecule has 3 aromatic heterocycles. The molecule has 0 spiro atoms. The molecule has 4 nitrogen and oxygen atoms in total. The minimum atomic E-state index is -0.128. The van der Waals surface area contributed by atoms with Gasteiger partial charge in [-0.15, -0.1) is 22.7 Å². The van der Waals surface area contributed by atoms with Crippen LogP contribution in [0.4, 0.5) is 10.7 Å². The number of hydrogen-bond acceptors (Lipinski definition) is 6. The summed E-state index contributed by atoms with van der Waals surface area (Å²) in [6, 6.07) is 22.1. The quantitative estimate of drug-likeness (QED) is 0.185. The van der Waals surface area contributed by atoms with Crippen LogP contribution in [0, 0.1) is 0 Å². The molecule has 0 N–H and O–H groups in total. The van der Waals surface area contributed by atoms with Gasteiger partial charge in [-0.3, -0.25) is 4.79 Å². The molecule has 4 aromatic rings. The third-order valence-corrected chi connectivity index (χ3v) is 7.94. The smallest absolute Gasteiger partial charge is 0.261 e. The Hall–Kier alpha value is -2.13. The Morgan fingerprint density at radius 1 is 0.714 bits per heavy atom. The SMILES string of the molecule is CO[N+](OC)(c1ccccc1)c1ccc(-c2ccc(-c3ccc(C=O)s3)s2)s1. The second kappa shape index (κ2) is 8.08. The lowest BCUT2D eigenvalue weighted by Crippen LogP contribution is -2.41. The third kappa shape index (κ3) is 3.37.